The maximum Gasteiger partial charge on any atom is 0.251 e. The molecular weight excluding hydrogens is 374 g/mol. The maximum absolute atomic E-state index is 13.7. The Morgan fingerprint density at radius 2 is 2.07 bits per heavy atom. The summed E-state index contributed by atoms with van der Waals surface area (Å²) in [6.45, 7) is 1.90. The molecule has 7 heteroatoms. The number of hydrogen-bond donors (Lipinski definition) is 2. The highest BCUT2D eigenvalue weighted by atomic mass is 32.1. The molecule has 0 bridgehead atoms. The van der Waals surface area contributed by atoms with Gasteiger partial charge in [0.2, 0.25) is 0 Å². The van der Waals surface area contributed by atoms with E-state index in [0.29, 0.717) is 46.7 Å². The van der Waals surface area contributed by atoms with Gasteiger partial charge in [-0.1, -0.05) is 35.5 Å². The Kier molecular flexibility index (Phi) is 4.55. The molecule has 0 saturated carbocycles. The zero-order valence-corrected chi connectivity index (χ0v) is 16.3. The lowest BCUT2D eigenvalue weighted by Crippen LogP contribution is -2.40. The third-order valence-corrected chi connectivity index (χ3v) is 6.78. The van der Waals surface area contributed by atoms with Crippen LogP contribution in [0.25, 0.3) is 0 Å². The second-order valence-corrected chi connectivity index (χ2v) is 8.27. The molecule has 0 saturated heterocycles. The van der Waals surface area contributed by atoms with Crippen LogP contribution in [-0.4, -0.2) is 16.8 Å². The van der Waals surface area contributed by atoms with Crippen molar-refractivity contribution in [3.05, 3.63) is 69.4 Å². The number of fused-ring (bicyclic) bond motifs is 1. The summed E-state index contributed by atoms with van der Waals surface area (Å²) in [4.78, 5) is 26.1. The van der Waals surface area contributed by atoms with E-state index in [-0.39, 0.29) is 5.78 Å². The van der Waals surface area contributed by atoms with Crippen molar-refractivity contribution in [3.63, 3.8) is 0 Å². The molecule has 4 N–H and O–H groups in total. The van der Waals surface area contributed by atoms with Crippen molar-refractivity contribution in [2.45, 2.75) is 38.0 Å². The molecule has 3 aromatic rings. The minimum atomic E-state index is -0.676. The first kappa shape index (κ1) is 18.4. The van der Waals surface area contributed by atoms with Crippen LogP contribution in [0.4, 0.5) is 5.00 Å². The molecule has 1 atom stereocenters. The molecule has 4 rings (SSSR count). The number of aromatic nitrogens is 1. The van der Waals surface area contributed by atoms with Crippen LogP contribution in [0.1, 0.15) is 55.3 Å². The minimum Gasteiger partial charge on any atom is -0.390 e. The first-order valence-corrected chi connectivity index (χ1v) is 9.97. The number of carbonyl (C=O) groups excluding carboxylic acids is 2. The molecule has 2 heterocycles. The summed E-state index contributed by atoms with van der Waals surface area (Å²) in [7, 11) is 0. The highest BCUT2D eigenvalue weighted by molar-refractivity contribution is 7.18. The standard InChI is InChI=1S/C21H21N3O3S/c1-12-13(11-27-24-12)7-9-21(14-5-3-2-4-6-14)10-8-15-16(19(22)26)20(23)28-17(15)18(21)25/h2-6,11H,7-10,23H2,1H3,(H2,22,26). The van der Waals surface area contributed by atoms with Gasteiger partial charge in [-0.25, -0.2) is 0 Å². The van der Waals surface area contributed by atoms with Crippen LogP contribution < -0.4 is 11.5 Å². The van der Waals surface area contributed by atoms with Gasteiger partial charge in [0, 0.05) is 5.56 Å². The molecule has 1 aliphatic rings. The Hall–Kier alpha value is -2.93. The van der Waals surface area contributed by atoms with E-state index in [1.165, 1.54) is 11.3 Å². The number of Topliss-reactive ketones (excluding diaryl/α,β-unsaturated/α-hetero) is 1. The van der Waals surface area contributed by atoms with Gasteiger partial charge in [-0.05, 0) is 43.7 Å². The van der Waals surface area contributed by atoms with Crippen LogP contribution in [0, 0.1) is 6.92 Å². The summed E-state index contributed by atoms with van der Waals surface area (Å²) in [5.74, 6) is -0.562. The van der Waals surface area contributed by atoms with Gasteiger partial charge < -0.3 is 16.0 Å². The van der Waals surface area contributed by atoms with Crippen LogP contribution in [-0.2, 0) is 18.3 Å². The summed E-state index contributed by atoms with van der Waals surface area (Å²) in [5.41, 5.74) is 14.7. The highest BCUT2D eigenvalue weighted by Gasteiger charge is 2.46. The van der Waals surface area contributed by atoms with E-state index in [0.717, 1.165) is 16.8 Å². The molecule has 144 valence electrons. The lowest BCUT2D eigenvalue weighted by atomic mass is 9.65. The van der Waals surface area contributed by atoms with Crippen molar-refractivity contribution in [1.29, 1.82) is 0 Å². The number of carbonyl (C=O) groups is 2. The monoisotopic (exact) mass is 395 g/mol. The quantitative estimate of drug-likeness (QED) is 0.687. The number of amides is 1. The van der Waals surface area contributed by atoms with E-state index in [1.54, 1.807) is 6.26 Å². The number of aryl methyl sites for hydroxylation is 2. The molecule has 0 radical (unpaired) electrons. The third-order valence-electron chi connectivity index (χ3n) is 5.72. The first-order valence-electron chi connectivity index (χ1n) is 9.15. The predicted octanol–water partition coefficient (Wildman–Crippen LogP) is 3.43. The van der Waals surface area contributed by atoms with Crippen molar-refractivity contribution >= 4 is 28.0 Å². The van der Waals surface area contributed by atoms with E-state index >= 15 is 0 Å². The molecule has 6 nitrogen and oxygen atoms in total. The Morgan fingerprint density at radius 1 is 1.32 bits per heavy atom. The van der Waals surface area contributed by atoms with Crippen LogP contribution in [0.3, 0.4) is 0 Å². The number of nitrogen functional groups attached to an aromatic ring is 1. The summed E-state index contributed by atoms with van der Waals surface area (Å²) < 4.78 is 5.05. The van der Waals surface area contributed by atoms with Gasteiger partial charge in [0.25, 0.3) is 5.91 Å². The van der Waals surface area contributed by atoms with E-state index in [4.69, 9.17) is 16.0 Å². The molecule has 1 amide bonds. The fourth-order valence-electron chi connectivity index (χ4n) is 4.16. The number of thiophene rings is 1. The van der Waals surface area contributed by atoms with Gasteiger partial charge in [-0.3, -0.25) is 9.59 Å². The van der Waals surface area contributed by atoms with Crippen molar-refractivity contribution in [3.8, 4) is 0 Å². The zero-order valence-electron chi connectivity index (χ0n) is 15.5. The van der Waals surface area contributed by atoms with Gasteiger partial charge in [0.05, 0.1) is 26.6 Å². The summed E-state index contributed by atoms with van der Waals surface area (Å²) in [5, 5.41) is 4.26. The number of primary amides is 1. The molecule has 0 fully saturated rings. The van der Waals surface area contributed by atoms with Crippen molar-refractivity contribution in [2.75, 3.05) is 5.73 Å². The van der Waals surface area contributed by atoms with Crippen molar-refractivity contribution in [2.24, 2.45) is 5.73 Å². The molecule has 1 unspecified atom stereocenters. The zero-order chi connectivity index (χ0) is 19.9. The van der Waals surface area contributed by atoms with Gasteiger partial charge in [-0.15, -0.1) is 11.3 Å². The van der Waals surface area contributed by atoms with Crippen LogP contribution in [0.15, 0.2) is 41.1 Å². The SMILES string of the molecule is Cc1nocc1CCC1(c2ccccc2)CCc2c(sc(N)c2C(N)=O)C1=O. The lowest BCUT2D eigenvalue weighted by molar-refractivity contribution is 0.0854. The molecule has 2 aromatic heterocycles. The number of rotatable bonds is 5. The van der Waals surface area contributed by atoms with Crippen LogP contribution in [0.5, 0.6) is 0 Å². The lowest BCUT2D eigenvalue weighted by Gasteiger charge is -2.36. The van der Waals surface area contributed by atoms with E-state index in [1.807, 2.05) is 37.3 Å². The fourth-order valence-corrected chi connectivity index (χ4v) is 5.32. The van der Waals surface area contributed by atoms with Crippen molar-refractivity contribution < 1.29 is 14.1 Å². The molecule has 1 aromatic carbocycles. The Morgan fingerprint density at radius 3 is 2.71 bits per heavy atom. The minimum absolute atomic E-state index is 0.0123. The Bertz CT molecular complexity index is 1050. The Balaban J connectivity index is 1.79. The second kappa shape index (κ2) is 6.91. The number of nitrogens with two attached hydrogens (primary N) is 2. The van der Waals surface area contributed by atoms with Crippen LogP contribution >= 0.6 is 11.3 Å². The molecule has 1 aliphatic carbocycles. The number of anilines is 1. The molecular formula is C21H21N3O3S. The summed E-state index contributed by atoms with van der Waals surface area (Å²) >= 11 is 1.17. The van der Waals surface area contributed by atoms with E-state index in [2.05, 4.69) is 5.16 Å². The predicted molar refractivity (Wildman–Crippen MR) is 108 cm³/mol. The largest absolute Gasteiger partial charge is 0.390 e. The van der Waals surface area contributed by atoms with E-state index < -0.39 is 11.3 Å². The summed E-state index contributed by atoms with van der Waals surface area (Å²) in [6.07, 6.45) is 4.13. The summed E-state index contributed by atoms with van der Waals surface area (Å²) in [6, 6.07) is 9.82. The van der Waals surface area contributed by atoms with Crippen LogP contribution in [0.2, 0.25) is 0 Å². The number of ketones is 1. The van der Waals surface area contributed by atoms with E-state index in [9.17, 15) is 9.59 Å². The number of nitrogens with zero attached hydrogens (tertiary/aromatic N) is 1. The highest BCUT2D eigenvalue weighted by Crippen LogP contribution is 2.46. The topological polar surface area (TPSA) is 112 Å². The fraction of sp³-hybridized carbons (Fsp3) is 0.286. The second-order valence-electron chi connectivity index (χ2n) is 7.22. The van der Waals surface area contributed by atoms with Crippen molar-refractivity contribution in [1.82, 2.24) is 5.16 Å². The van der Waals surface area contributed by atoms with Gasteiger partial charge in [-0.2, -0.15) is 0 Å². The Labute approximate surface area is 166 Å². The van der Waals surface area contributed by atoms with Gasteiger partial charge in [0.1, 0.15) is 6.26 Å². The maximum atomic E-state index is 13.7. The molecule has 28 heavy (non-hydrogen) atoms. The first-order chi connectivity index (χ1) is 13.4. The molecule has 0 spiro atoms. The number of hydrogen-bond acceptors (Lipinski definition) is 6. The normalized spacial score (nSPS) is 18.8. The van der Waals surface area contributed by atoms with Gasteiger partial charge >= 0.3 is 0 Å². The average Bonchev–Trinajstić information content (AvgIpc) is 3.25. The molecule has 0 aliphatic heterocycles. The number of benzene rings is 1. The van der Waals surface area contributed by atoms with Gasteiger partial charge in [0.15, 0.2) is 5.78 Å². The smallest absolute Gasteiger partial charge is 0.251 e. The average molecular weight is 395 g/mol. The third kappa shape index (κ3) is 2.82.